The second kappa shape index (κ2) is 4.60. The molecule has 0 bridgehead atoms. The maximum atomic E-state index is 13.6. The number of nitrogens with one attached hydrogen (secondary N) is 1. The monoisotopic (exact) mass is 242 g/mol. The summed E-state index contributed by atoms with van der Waals surface area (Å²) >= 11 is 6.13. The first kappa shape index (κ1) is 11.7. The van der Waals surface area contributed by atoms with Gasteiger partial charge in [0.15, 0.2) is 0 Å². The normalized spacial score (nSPS) is 16.6. The van der Waals surface area contributed by atoms with Crippen molar-refractivity contribution in [1.29, 1.82) is 0 Å². The molecular weight excluding hydrogens is 227 g/mol. The van der Waals surface area contributed by atoms with Gasteiger partial charge in [0.1, 0.15) is 5.82 Å². The van der Waals surface area contributed by atoms with Crippen LogP contribution in [0.4, 0.5) is 10.1 Å². The fourth-order valence-electron chi connectivity index (χ4n) is 2.07. The van der Waals surface area contributed by atoms with E-state index in [1.807, 2.05) is 6.92 Å². The Labute approximate surface area is 100 Å². The molecular formula is C12H16ClFN2. The topological polar surface area (TPSA) is 15.3 Å². The predicted molar refractivity (Wildman–Crippen MR) is 66.0 cm³/mol. The van der Waals surface area contributed by atoms with Crippen LogP contribution in [0.1, 0.15) is 11.1 Å². The van der Waals surface area contributed by atoms with Crippen LogP contribution in [0.15, 0.2) is 6.07 Å². The number of anilines is 1. The van der Waals surface area contributed by atoms with Gasteiger partial charge in [-0.2, -0.15) is 0 Å². The standard InChI is InChI=1S/C12H16ClFN2/c1-8-10(14)7-11(9(2)12(8)13)16-5-3-15-4-6-16/h7,15H,3-6H2,1-2H3. The van der Waals surface area contributed by atoms with E-state index in [2.05, 4.69) is 10.2 Å². The molecule has 1 aromatic carbocycles. The van der Waals surface area contributed by atoms with Gasteiger partial charge in [-0.15, -0.1) is 0 Å². The van der Waals surface area contributed by atoms with Crippen molar-refractivity contribution >= 4 is 17.3 Å². The Bertz CT molecular complexity index is 400. The summed E-state index contributed by atoms with van der Waals surface area (Å²) in [5.74, 6) is -0.218. The van der Waals surface area contributed by atoms with Gasteiger partial charge in [-0.25, -0.2) is 4.39 Å². The molecule has 0 aromatic heterocycles. The molecule has 0 unspecified atom stereocenters. The Hall–Kier alpha value is -0.800. The Kier molecular flexibility index (Phi) is 3.36. The highest BCUT2D eigenvalue weighted by Gasteiger charge is 2.17. The number of nitrogens with zero attached hydrogens (tertiary/aromatic N) is 1. The third-order valence-corrected chi connectivity index (χ3v) is 3.69. The minimum Gasteiger partial charge on any atom is -0.369 e. The smallest absolute Gasteiger partial charge is 0.129 e. The van der Waals surface area contributed by atoms with Crippen LogP contribution in [0, 0.1) is 19.7 Å². The summed E-state index contributed by atoms with van der Waals surface area (Å²) in [7, 11) is 0. The largest absolute Gasteiger partial charge is 0.369 e. The van der Waals surface area contributed by atoms with Gasteiger partial charge in [0.2, 0.25) is 0 Å². The first-order chi connectivity index (χ1) is 7.61. The third-order valence-electron chi connectivity index (χ3n) is 3.12. The minimum absolute atomic E-state index is 0.218. The van der Waals surface area contributed by atoms with Gasteiger partial charge in [0.25, 0.3) is 0 Å². The Morgan fingerprint density at radius 1 is 1.25 bits per heavy atom. The van der Waals surface area contributed by atoms with Crippen LogP contribution >= 0.6 is 11.6 Å². The molecule has 1 heterocycles. The van der Waals surface area contributed by atoms with Crippen molar-refractivity contribution in [2.24, 2.45) is 0 Å². The predicted octanol–water partition coefficient (Wildman–Crippen LogP) is 2.51. The summed E-state index contributed by atoms with van der Waals surface area (Å²) in [6.45, 7) is 7.34. The number of halogens is 2. The van der Waals surface area contributed by atoms with Crippen LogP contribution in [0.25, 0.3) is 0 Å². The summed E-state index contributed by atoms with van der Waals surface area (Å²) in [5, 5.41) is 3.83. The molecule has 1 aliphatic heterocycles. The first-order valence-corrected chi connectivity index (χ1v) is 5.90. The summed E-state index contributed by atoms with van der Waals surface area (Å²) < 4.78 is 13.6. The van der Waals surface area contributed by atoms with Gasteiger partial charge in [-0.3, -0.25) is 0 Å². The maximum absolute atomic E-state index is 13.6. The molecule has 1 aliphatic rings. The van der Waals surface area contributed by atoms with E-state index in [1.165, 1.54) is 0 Å². The van der Waals surface area contributed by atoms with E-state index in [9.17, 15) is 4.39 Å². The van der Waals surface area contributed by atoms with E-state index in [0.29, 0.717) is 10.6 Å². The van der Waals surface area contributed by atoms with Crippen LogP contribution in [-0.2, 0) is 0 Å². The van der Waals surface area contributed by atoms with Crippen LogP contribution in [-0.4, -0.2) is 26.2 Å². The van der Waals surface area contributed by atoms with E-state index >= 15 is 0 Å². The summed E-state index contributed by atoms with van der Waals surface area (Å²) in [6, 6.07) is 1.60. The molecule has 16 heavy (non-hydrogen) atoms. The van der Waals surface area contributed by atoms with Crippen LogP contribution in [0.5, 0.6) is 0 Å². The molecule has 2 nitrogen and oxygen atoms in total. The molecule has 1 N–H and O–H groups in total. The average Bonchev–Trinajstić information content (AvgIpc) is 2.32. The summed E-state index contributed by atoms with van der Waals surface area (Å²) in [4.78, 5) is 2.18. The minimum atomic E-state index is -0.218. The maximum Gasteiger partial charge on any atom is 0.129 e. The molecule has 4 heteroatoms. The second-order valence-corrected chi connectivity index (χ2v) is 4.56. The van der Waals surface area contributed by atoms with Gasteiger partial charge < -0.3 is 10.2 Å². The molecule has 1 aromatic rings. The van der Waals surface area contributed by atoms with Crippen molar-refractivity contribution in [3.05, 3.63) is 28.0 Å². The average molecular weight is 243 g/mol. The number of hydrogen-bond acceptors (Lipinski definition) is 2. The van der Waals surface area contributed by atoms with Gasteiger partial charge in [-0.05, 0) is 25.5 Å². The zero-order chi connectivity index (χ0) is 11.7. The lowest BCUT2D eigenvalue weighted by Gasteiger charge is -2.31. The van der Waals surface area contributed by atoms with E-state index in [0.717, 1.165) is 37.4 Å². The van der Waals surface area contributed by atoms with Gasteiger partial charge >= 0.3 is 0 Å². The van der Waals surface area contributed by atoms with Crippen molar-refractivity contribution in [1.82, 2.24) is 5.32 Å². The van der Waals surface area contributed by atoms with Gasteiger partial charge in [-0.1, -0.05) is 11.6 Å². The Morgan fingerprint density at radius 2 is 1.88 bits per heavy atom. The number of benzene rings is 1. The zero-order valence-corrected chi connectivity index (χ0v) is 10.4. The first-order valence-electron chi connectivity index (χ1n) is 5.52. The van der Waals surface area contributed by atoms with Crippen molar-refractivity contribution in [2.45, 2.75) is 13.8 Å². The van der Waals surface area contributed by atoms with E-state index < -0.39 is 0 Å². The number of rotatable bonds is 1. The molecule has 0 aliphatic carbocycles. The number of hydrogen-bond donors (Lipinski definition) is 1. The molecule has 1 fully saturated rings. The Morgan fingerprint density at radius 3 is 2.50 bits per heavy atom. The SMILES string of the molecule is Cc1c(F)cc(N2CCNCC2)c(C)c1Cl. The van der Waals surface area contributed by atoms with Crippen LogP contribution in [0.2, 0.25) is 5.02 Å². The molecule has 0 amide bonds. The summed E-state index contributed by atoms with van der Waals surface area (Å²) in [6.07, 6.45) is 0. The zero-order valence-electron chi connectivity index (χ0n) is 9.61. The third kappa shape index (κ3) is 2.02. The second-order valence-electron chi connectivity index (χ2n) is 4.18. The van der Waals surface area contributed by atoms with Crippen molar-refractivity contribution in [2.75, 3.05) is 31.1 Å². The van der Waals surface area contributed by atoms with Crippen molar-refractivity contribution in [3.8, 4) is 0 Å². The van der Waals surface area contributed by atoms with E-state index in [1.54, 1.807) is 13.0 Å². The van der Waals surface area contributed by atoms with Crippen LogP contribution < -0.4 is 10.2 Å². The molecule has 0 spiro atoms. The van der Waals surface area contributed by atoms with E-state index in [-0.39, 0.29) is 5.82 Å². The Balaban J connectivity index is 2.40. The molecule has 88 valence electrons. The van der Waals surface area contributed by atoms with Gasteiger partial charge in [0, 0.05) is 37.4 Å². The quantitative estimate of drug-likeness (QED) is 0.814. The fourth-order valence-corrected chi connectivity index (χ4v) is 2.26. The fraction of sp³-hybridized carbons (Fsp3) is 0.500. The van der Waals surface area contributed by atoms with Crippen molar-refractivity contribution in [3.63, 3.8) is 0 Å². The number of piperazine rings is 1. The highest BCUT2D eigenvalue weighted by atomic mass is 35.5. The molecule has 0 atom stereocenters. The molecule has 1 saturated heterocycles. The lowest BCUT2D eigenvalue weighted by atomic mass is 10.1. The van der Waals surface area contributed by atoms with Gasteiger partial charge in [0.05, 0.1) is 5.02 Å². The lowest BCUT2D eigenvalue weighted by Crippen LogP contribution is -2.43. The lowest BCUT2D eigenvalue weighted by molar-refractivity contribution is 0.582. The summed E-state index contributed by atoms with van der Waals surface area (Å²) in [5.41, 5.74) is 2.44. The van der Waals surface area contributed by atoms with Crippen molar-refractivity contribution < 1.29 is 4.39 Å². The highest BCUT2D eigenvalue weighted by molar-refractivity contribution is 6.32. The highest BCUT2D eigenvalue weighted by Crippen LogP contribution is 2.31. The molecule has 2 rings (SSSR count). The van der Waals surface area contributed by atoms with Crippen LogP contribution in [0.3, 0.4) is 0 Å². The van der Waals surface area contributed by atoms with E-state index in [4.69, 9.17) is 11.6 Å². The molecule has 0 radical (unpaired) electrons. The molecule has 0 saturated carbocycles.